The summed E-state index contributed by atoms with van der Waals surface area (Å²) in [6.07, 6.45) is -0.275. The van der Waals surface area contributed by atoms with Crippen LogP contribution in [0.5, 0.6) is 0 Å². The van der Waals surface area contributed by atoms with Crippen LogP contribution in [-0.2, 0) is 5.75 Å². The quantitative estimate of drug-likeness (QED) is 0.838. The van der Waals surface area contributed by atoms with Gasteiger partial charge >= 0.3 is 0 Å². The van der Waals surface area contributed by atoms with E-state index in [1.165, 1.54) is 5.56 Å². The average molecular weight is 290 g/mol. The van der Waals surface area contributed by atoms with Gasteiger partial charge in [-0.25, -0.2) is 0 Å². The fraction of sp³-hybridized carbons (Fsp3) is 0.455. The number of benzene rings is 1. The summed E-state index contributed by atoms with van der Waals surface area (Å²) in [7, 11) is 0. The Kier molecular flexibility index (Phi) is 4.96. The van der Waals surface area contributed by atoms with Gasteiger partial charge in [-0.05, 0) is 40.5 Å². The topological polar surface area (TPSA) is 46.2 Å². The Balaban J connectivity index is 2.55. The Morgan fingerprint density at radius 3 is 2.67 bits per heavy atom. The van der Waals surface area contributed by atoms with Gasteiger partial charge in [-0.2, -0.15) is 11.8 Å². The predicted molar refractivity (Wildman–Crippen MR) is 71.0 cm³/mol. The van der Waals surface area contributed by atoms with Crippen LogP contribution in [0, 0.1) is 0 Å². The fourth-order valence-electron chi connectivity index (χ4n) is 1.05. The van der Waals surface area contributed by atoms with Gasteiger partial charge in [0.05, 0.1) is 6.10 Å². The number of aliphatic hydroxyl groups is 1. The van der Waals surface area contributed by atoms with Crippen molar-refractivity contribution in [1.29, 1.82) is 0 Å². The Morgan fingerprint density at radius 2 is 2.13 bits per heavy atom. The summed E-state index contributed by atoms with van der Waals surface area (Å²) in [5.74, 6) is 0.879. The summed E-state index contributed by atoms with van der Waals surface area (Å²) in [6, 6.07) is 5.96. The van der Waals surface area contributed by atoms with Crippen molar-refractivity contribution < 1.29 is 5.11 Å². The maximum absolute atomic E-state index is 9.34. The predicted octanol–water partition coefficient (Wildman–Crippen LogP) is 3.03. The van der Waals surface area contributed by atoms with Crippen LogP contribution in [0.15, 0.2) is 22.7 Å². The zero-order valence-electron chi connectivity index (χ0n) is 8.90. The first-order valence-electron chi connectivity index (χ1n) is 4.84. The molecule has 0 aliphatic carbocycles. The molecular weight excluding hydrogens is 274 g/mol. The summed E-state index contributed by atoms with van der Waals surface area (Å²) >= 11 is 5.09. The third-order valence-corrected chi connectivity index (χ3v) is 4.39. The molecule has 0 saturated carbocycles. The van der Waals surface area contributed by atoms with E-state index < -0.39 is 0 Å². The molecule has 0 aliphatic heterocycles. The molecule has 0 aliphatic rings. The molecule has 0 saturated heterocycles. The third kappa shape index (κ3) is 4.05. The van der Waals surface area contributed by atoms with Crippen molar-refractivity contribution in [1.82, 2.24) is 0 Å². The monoisotopic (exact) mass is 289 g/mol. The smallest absolute Gasteiger partial charge is 0.0628 e. The van der Waals surface area contributed by atoms with Gasteiger partial charge in [0.1, 0.15) is 0 Å². The summed E-state index contributed by atoms with van der Waals surface area (Å²) < 4.78 is 0.930. The lowest BCUT2D eigenvalue weighted by atomic mass is 10.2. The lowest BCUT2D eigenvalue weighted by Gasteiger charge is -2.14. The van der Waals surface area contributed by atoms with Gasteiger partial charge in [0.2, 0.25) is 0 Å². The molecule has 0 radical (unpaired) electrons. The Morgan fingerprint density at radius 1 is 1.47 bits per heavy atom. The number of aliphatic hydroxyl groups excluding tert-OH is 1. The van der Waals surface area contributed by atoms with Crippen LogP contribution in [-0.4, -0.2) is 16.5 Å². The molecule has 0 fully saturated rings. The molecule has 2 nitrogen and oxygen atoms in total. The van der Waals surface area contributed by atoms with E-state index in [9.17, 15) is 5.11 Å². The SMILES string of the molecule is CC(O)C(C)SCc1ccc(Br)c(N)c1. The lowest BCUT2D eigenvalue weighted by Crippen LogP contribution is -2.15. The van der Waals surface area contributed by atoms with E-state index >= 15 is 0 Å². The van der Waals surface area contributed by atoms with Gasteiger partial charge in [0.25, 0.3) is 0 Å². The Hall–Kier alpha value is -0.190. The highest BCUT2D eigenvalue weighted by atomic mass is 79.9. The molecule has 1 rings (SSSR count). The normalized spacial score (nSPS) is 14.9. The molecule has 1 aromatic rings. The molecule has 3 N–H and O–H groups in total. The molecule has 84 valence electrons. The Labute approximate surface area is 103 Å². The molecule has 0 aromatic heterocycles. The van der Waals surface area contributed by atoms with Gasteiger partial charge < -0.3 is 10.8 Å². The van der Waals surface area contributed by atoms with Crippen molar-refractivity contribution in [3.05, 3.63) is 28.2 Å². The lowest BCUT2D eigenvalue weighted by molar-refractivity contribution is 0.196. The van der Waals surface area contributed by atoms with Gasteiger partial charge in [0, 0.05) is 21.2 Å². The standard InChI is InChI=1S/C11H16BrNOS/c1-7(14)8(2)15-6-9-3-4-10(12)11(13)5-9/h3-5,7-8,14H,6,13H2,1-2H3. The van der Waals surface area contributed by atoms with Crippen LogP contribution in [0.4, 0.5) is 5.69 Å². The van der Waals surface area contributed by atoms with Crippen LogP contribution in [0.25, 0.3) is 0 Å². The highest BCUT2D eigenvalue weighted by Crippen LogP contribution is 2.25. The summed E-state index contributed by atoms with van der Waals surface area (Å²) in [5, 5.41) is 9.59. The minimum absolute atomic E-state index is 0.245. The number of anilines is 1. The van der Waals surface area contributed by atoms with E-state index in [0.717, 1.165) is 15.9 Å². The van der Waals surface area contributed by atoms with E-state index in [-0.39, 0.29) is 11.4 Å². The van der Waals surface area contributed by atoms with Gasteiger partial charge in [-0.3, -0.25) is 0 Å². The van der Waals surface area contributed by atoms with Crippen LogP contribution >= 0.6 is 27.7 Å². The van der Waals surface area contributed by atoms with E-state index in [0.29, 0.717) is 0 Å². The number of hydrogen-bond acceptors (Lipinski definition) is 3. The second kappa shape index (κ2) is 5.77. The molecule has 0 spiro atoms. The molecule has 2 atom stereocenters. The maximum atomic E-state index is 9.34. The largest absolute Gasteiger partial charge is 0.398 e. The Bertz CT molecular complexity index is 330. The molecule has 0 heterocycles. The van der Waals surface area contributed by atoms with E-state index in [1.54, 1.807) is 11.8 Å². The van der Waals surface area contributed by atoms with Crippen LogP contribution in [0.1, 0.15) is 19.4 Å². The first-order valence-corrected chi connectivity index (χ1v) is 6.68. The first kappa shape index (κ1) is 12.9. The van der Waals surface area contributed by atoms with E-state index in [1.807, 2.05) is 32.0 Å². The zero-order chi connectivity index (χ0) is 11.4. The second-order valence-electron chi connectivity index (χ2n) is 3.61. The fourth-order valence-corrected chi connectivity index (χ4v) is 2.21. The van der Waals surface area contributed by atoms with Gasteiger partial charge in [-0.1, -0.05) is 13.0 Å². The molecule has 2 unspecified atom stereocenters. The highest BCUT2D eigenvalue weighted by Gasteiger charge is 2.09. The first-order chi connectivity index (χ1) is 7.00. The van der Waals surface area contributed by atoms with Crippen molar-refractivity contribution in [3.8, 4) is 0 Å². The number of nitrogen functional groups attached to an aromatic ring is 1. The summed E-state index contributed by atoms with van der Waals surface area (Å²) in [5.41, 5.74) is 7.73. The minimum Gasteiger partial charge on any atom is -0.398 e. The molecule has 15 heavy (non-hydrogen) atoms. The number of rotatable bonds is 4. The molecule has 0 amide bonds. The number of halogens is 1. The number of nitrogens with two attached hydrogens (primary N) is 1. The van der Waals surface area contributed by atoms with Gasteiger partial charge in [-0.15, -0.1) is 0 Å². The van der Waals surface area contributed by atoms with Crippen LogP contribution in [0.3, 0.4) is 0 Å². The molecule has 1 aromatic carbocycles. The van der Waals surface area contributed by atoms with Crippen molar-refractivity contribution in [3.63, 3.8) is 0 Å². The third-order valence-electron chi connectivity index (χ3n) is 2.25. The van der Waals surface area contributed by atoms with Gasteiger partial charge in [0.15, 0.2) is 0 Å². The second-order valence-corrected chi connectivity index (χ2v) is 5.83. The maximum Gasteiger partial charge on any atom is 0.0628 e. The van der Waals surface area contributed by atoms with Crippen molar-refractivity contribution in [2.45, 2.75) is 31.0 Å². The van der Waals surface area contributed by atoms with E-state index in [4.69, 9.17) is 5.73 Å². The summed E-state index contributed by atoms with van der Waals surface area (Å²) in [6.45, 7) is 3.84. The average Bonchev–Trinajstić information content (AvgIpc) is 2.19. The summed E-state index contributed by atoms with van der Waals surface area (Å²) in [4.78, 5) is 0. The van der Waals surface area contributed by atoms with E-state index in [2.05, 4.69) is 15.9 Å². The zero-order valence-corrected chi connectivity index (χ0v) is 11.3. The molecular formula is C11H16BrNOS. The van der Waals surface area contributed by atoms with Crippen molar-refractivity contribution in [2.75, 3.05) is 5.73 Å². The van der Waals surface area contributed by atoms with Crippen molar-refractivity contribution in [2.24, 2.45) is 0 Å². The van der Waals surface area contributed by atoms with Crippen molar-refractivity contribution >= 4 is 33.4 Å². The van der Waals surface area contributed by atoms with Crippen LogP contribution in [0.2, 0.25) is 0 Å². The molecule has 0 bridgehead atoms. The molecule has 4 heteroatoms. The number of thioether (sulfide) groups is 1. The van der Waals surface area contributed by atoms with Crippen LogP contribution < -0.4 is 5.73 Å². The highest BCUT2D eigenvalue weighted by molar-refractivity contribution is 9.10. The number of hydrogen-bond donors (Lipinski definition) is 2. The minimum atomic E-state index is -0.275.